The van der Waals surface area contributed by atoms with Gasteiger partial charge in [0.15, 0.2) is 0 Å². The van der Waals surface area contributed by atoms with Crippen molar-refractivity contribution in [3.63, 3.8) is 0 Å². The van der Waals surface area contributed by atoms with E-state index in [2.05, 4.69) is 0 Å². The number of nitrogens with zero attached hydrogens (tertiary/aromatic N) is 2. The monoisotopic (exact) mass is 287 g/mol. The van der Waals surface area contributed by atoms with E-state index in [4.69, 9.17) is 15.2 Å². The molecule has 116 valence electrons. The molecular formula is C13H25N3O4. The van der Waals surface area contributed by atoms with E-state index in [9.17, 15) is 9.59 Å². The van der Waals surface area contributed by atoms with Gasteiger partial charge in [-0.3, -0.25) is 0 Å². The summed E-state index contributed by atoms with van der Waals surface area (Å²) in [7, 11) is 0. The van der Waals surface area contributed by atoms with Crippen LogP contribution in [0, 0.1) is 0 Å². The third kappa shape index (κ3) is 4.56. The second kappa shape index (κ2) is 6.78. The summed E-state index contributed by atoms with van der Waals surface area (Å²) < 4.78 is 10.3. The van der Waals surface area contributed by atoms with Crippen LogP contribution in [0.4, 0.5) is 9.59 Å². The third-order valence-electron chi connectivity index (χ3n) is 2.91. The van der Waals surface area contributed by atoms with Crippen molar-refractivity contribution in [3.8, 4) is 0 Å². The van der Waals surface area contributed by atoms with Gasteiger partial charge in [-0.15, -0.1) is 0 Å². The zero-order valence-electron chi connectivity index (χ0n) is 12.7. The summed E-state index contributed by atoms with van der Waals surface area (Å²) in [4.78, 5) is 26.9. The molecule has 0 saturated carbocycles. The maximum absolute atomic E-state index is 12.0. The van der Waals surface area contributed by atoms with E-state index < -0.39 is 5.60 Å². The van der Waals surface area contributed by atoms with E-state index in [1.807, 2.05) is 20.8 Å². The Bertz CT molecular complexity index is 354. The molecule has 0 aromatic carbocycles. The highest BCUT2D eigenvalue weighted by Gasteiger charge is 2.34. The molecular weight excluding hydrogens is 262 g/mol. The number of ether oxygens (including phenoxy) is 2. The number of rotatable bonds is 2. The molecule has 2 amide bonds. The molecule has 0 aliphatic carbocycles. The summed E-state index contributed by atoms with van der Waals surface area (Å²) >= 11 is 0. The second-order valence-corrected chi connectivity index (χ2v) is 5.71. The van der Waals surface area contributed by atoms with Crippen molar-refractivity contribution in [2.45, 2.75) is 39.3 Å². The molecule has 7 nitrogen and oxygen atoms in total. The average Bonchev–Trinajstić information content (AvgIpc) is 2.36. The minimum absolute atomic E-state index is 0.240. The number of carbonyl (C=O) groups is 2. The van der Waals surface area contributed by atoms with Crippen molar-refractivity contribution >= 4 is 12.2 Å². The van der Waals surface area contributed by atoms with Gasteiger partial charge < -0.3 is 25.0 Å². The number of hydrogen-bond acceptors (Lipinski definition) is 5. The molecule has 1 aliphatic heterocycles. The molecule has 0 bridgehead atoms. The molecule has 0 spiro atoms. The number of nitrogens with two attached hydrogens (primary N) is 1. The highest BCUT2D eigenvalue weighted by molar-refractivity contribution is 5.71. The fourth-order valence-corrected chi connectivity index (χ4v) is 2.00. The minimum Gasteiger partial charge on any atom is -0.450 e. The molecule has 1 unspecified atom stereocenters. The van der Waals surface area contributed by atoms with E-state index in [1.54, 1.807) is 16.7 Å². The molecule has 0 aromatic heterocycles. The molecule has 20 heavy (non-hydrogen) atoms. The SMILES string of the molecule is CCOC(=O)N1CCN(C(=O)OC(C)(C)C)CC1CN. The summed E-state index contributed by atoms with van der Waals surface area (Å²) in [6, 6.07) is -0.240. The Balaban J connectivity index is 2.63. The molecule has 7 heteroatoms. The van der Waals surface area contributed by atoms with Gasteiger partial charge in [-0.1, -0.05) is 0 Å². The third-order valence-corrected chi connectivity index (χ3v) is 2.91. The predicted octanol–water partition coefficient (Wildman–Crippen LogP) is 1.02. The summed E-state index contributed by atoms with van der Waals surface area (Å²) in [5, 5.41) is 0. The van der Waals surface area contributed by atoms with Crippen LogP contribution < -0.4 is 5.73 Å². The molecule has 1 rings (SSSR count). The predicted molar refractivity (Wildman–Crippen MR) is 74.4 cm³/mol. The molecule has 1 aliphatic rings. The lowest BCUT2D eigenvalue weighted by atomic mass is 10.2. The van der Waals surface area contributed by atoms with Crippen molar-refractivity contribution in [1.29, 1.82) is 0 Å². The van der Waals surface area contributed by atoms with Gasteiger partial charge in [-0.25, -0.2) is 9.59 Å². The van der Waals surface area contributed by atoms with Gasteiger partial charge in [-0.2, -0.15) is 0 Å². The van der Waals surface area contributed by atoms with Gasteiger partial charge >= 0.3 is 12.2 Å². The summed E-state index contributed by atoms with van der Waals surface area (Å²) in [5.74, 6) is 0. The van der Waals surface area contributed by atoms with E-state index in [0.717, 1.165) is 0 Å². The van der Waals surface area contributed by atoms with Crippen molar-refractivity contribution in [1.82, 2.24) is 9.80 Å². The topological polar surface area (TPSA) is 85.1 Å². The normalized spacial score (nSPS) is 19.8. The van der Waals surface area contributed by atoms with E-state index in [1.165, 1.54) is 0 Å². The van der Waals surface area contributed by atoms with Crippen LogP contribution in [-0.4, -0.2) is 66.4 Å². The second-order valence-electron chi connectivity index (χ2n) is 5.71. The first-order valence-electron chi connectivity index (χ1n) is 6.90. The molecule has 1 atom stereocenters. The highest BCUT2D eigenvalue weighted by atomic mass is 16.6. The van der Waals surface area contributed by atoms with Crippen LogP contribution >= 0.6 is 0 Å². The van der Waals surface area contributed by atoms with Gasteiger partial charge in [0, 0.05) is 26.2 Å². The Morgan fingerprint density at radius 1 is 1.25 bits per heavy atom. The summed E-state index contributed by atoms with van der Waals surface area (Å²) in [6.07, 6.45) is -0.758. The Hall–Kier alpha value is -1.50. The highest BCUT2D eigenvalue weighted by Crippen LogP contribution is 2.15. The molecule has 1 saturated heterocycles. The first kappa shape index (κ1) is 16.6. The van der Waals surface area contributed by atoms with Gasteiger partial charge in [-0.05, 0) is 27.7 Å². The summed E-state index contributed by atoms with van der Waals surface area (Å²) in [6.45, 7) is 9.00. The first-order valence-corrected chi connectivity index (χ1v) is 6.90. The van der Waals surface area contributed by atoms with E-state index >= 15 is 0 Å². The maximum atomic E-state index is 12.0. The number of hydrogen-bond donors (Lipinski definition) is 1. The van der Waals surface area contributed by atoms with Crippen LogP contribution in [0.5, 0.6) is 0 Å². The van der Waals surface area contributed by atoms with Crippen LogP contribution in [-0.2, 0) is 9.47 Å². The Kier molecular flexibility index (Phi) is 5.62. The lowest BCUT2D eigenvalue weighted by molar-refractivity contribution is 0.00339. The smallest absolute Gasteiger partial charge is 0.410 e. The van der Waals surface area contributed by atoms with Crippen molar-refractivity contribution < 1.29 is 19.1 Å². The van der Waals surface area contributed by atoms with Crippen LogP contribution in [0.15, 0.2) is 0 Å². The van der Waals surface area contributed by atoms with Gasteiger partial charge in [0.25, 0.3) is 0 Å². The maximum Gasteiger partial charge on any atom is 0.410 e. The fourth-order valence-electron chi connectivity index (χ4n) is 2.00. The first-order chi connectivity index (χ1) is 9.28. The zero-order valence-corrected chi connectivity index (χ0v) is 12.7. The summed E-state index contributed by atoms with van der Waals surface area (Å²) in [5.41, 5.74) is 5.15. The number of piperazine rings is 1. The van der Waals surface area contributed by atoms with Gasteiger partial charge in [0.05, 0.1) is 12.6 Å². The largest absolute Gasteiger partial charge is 0.450 e. The van der Waals surface area contributed by atoms with Gasteiger partial charge in [0.2, 0.25) is 0 Å². The zero-order chi connectivity index (χ0) is 15.3. The van der Waals surface area contributed by atoms with Crippen LogP contribution in [0.25, 0.3) is 0 Å². The standard InChI is InChI=1S/C13H25N3O4/c1-5-19-12(18)16-7-6-15(9-10(16)8-14)11(17)20-13(2,3)4/h10H,5-9,14H2,1-4H3. The van der Waals surface area contributed by atoms with Gasteiger partial charge in [0.1, 0.15) is 5.60 Å². The van der Waals surface area contributed by atoms with Crippen molar-refractivity contribution in [2.24, 2.45) is 5.73 Å². The molecule has 0 aromatic rings. The van der Waals surface area contributed by atoms with Crippen LogP contribution in [0.2, 0.25) is 0 Å². The Labute approximate surface area is 120 Å². The van der Waals surface area contributed by atoms with Crippen molar-refractivity contribution in [3.05, 3.63) is 0 Å². The fraction of sp³-hybridized carbons (Fsp3) is 0.846. The van der Waals surface area contributed by atoms with Crippen LogP contribution in [0.1, 0.15) is 27.7 Å². The van der Waals surface area contributed by atoms with Crippen LogP contribution in [0.3, 0.4) is 0 Å². The molecule has 1 heterocycles. The Morgan fingerprint density at radius 3 is 2.40 bits per heavy atom. The lowest BCUT2D eigenvalue weighted by Gasteiger charge is -2.40. The molecule has 1 fully saturated rings. The average molecular weight is 287 g/mol. The lowest BCUT2D eigenvalue weighted by Crippen LogP contribution is -2.59. The Morgan fingerprint density at radius 2 is 1.90 bits per heavy atom. The number of amides is 2. The van der Waals surface area contributed by atoms with E-state index in [-0.39, 0.29) is 24.8 Å². The molecule has 0 radical (unpaired) electrons. The van der Waals surface area contributed by atoms with Crippen molar-refractivity contribution in [2.75, 3.05) is 32.8 Å². The quantitative estimate of drug-likeness (QED) is 0.819. The number of carbonyl (C=O) groups excluding carboxylic acids is 2. The molecule has 2 N–H and O–H groups in total. The van der Waals surface area contributed by atoms with E-state index in [0.29, 0.717) is 26.2 Å². The minimum atomic E-state index is -0.534.